The molecule has 0 aliphatic heterocycles. The molecule has 0 aromatic carbocycles. The summed E-state index contributed by atoms with van der Waals surface area (Å²) in [5, 5.41) is 3.70. The van der Waals surface area contributed by atoms with Crippen LogP contribution in [0.2, 0.25) is 0 Å². The van der Waals surface area contributed by atoms with Gasteiger partial charge in [-0.05, 0) is 50.0 Å². The normalized spacial score (nSPS) is 21.0. The third-order valence-electron chi connectivity index (χ3n) is 4.77. The number of nitrogens with one attached hydrogen (secondary N) is 1. The molecular weight excluding hydrogens is 246 g/mol. The van der Waals surface area contributed by atoms with Crippen LogP contribution in [0, 0.1) is 11.3 Å². The fourth-order valence-electron chi connectivity index (χ4n) is 3.47. The highest BCUT2D eigenvalue weighted by Crippen LogP contribution is 2.42. The molecule has 1 atom stereocenters. The average molecular weight is 277 g/mol. The molecular formula is C17H31N3. The van der Waals surface area contributed by atoms with Gasteiger partial charge in [0.2, 0.25) is 0 Å². The number of rotatable bonds is 6. The zero-order chi connectivity index (χ0) is 14.6. The maximum Gasteiger partial charge on any atom is 0.126 e. The summed E-state index contributed by atoms with van der Waals surface area (Å²) in [5.74, 6) is 1.99. The molecule has 0 bridgehead atoms. The average Bonchev–Trinajstić information content (AvgIpc) is 2.85. The first kappa shape index (κ1) is 15.6. The van der Waals surface area contributed by atoms with E-state index in [2.05, 4.69) is 48.8 Å². The fourth-order valence-corrected chi connectivity index (χ4v) is 3.47. The topological polar surface area (TPSA) is 29.9 Å². The first-order chi connectivity index (χ1) is 9.57. The van der Waals surface area contributed by atoms with Crippen molar-refractivity contribution in [1.29, 1.82) is 0 Å². The van der Waals surface area contributed by atoms with E-state index in [1.54, 1.807) is 0 Å². The summed E-state index contributed by atoms with van der Waals surface area (Å²) in [6.45, 7) is 11.3. The van der Waals surface area contributed by atoms with Gasteiger partial charge in [0.25, 0.3) is 0 Å². The van der Waals surface area contributed by atoms with E-state index in [4.69, 9.17) is 0 Å². The Morgan fingerprint density at radius 3 is 2.65 bits per heavy atom. The monoisotopic (exact) mass is 277 g/mol. The molecule has 1 aromatic rings. The molecule has 1 N–H and O–H groups in total. The van der Waals surface area contributed by atoms with Gasteiger partial charge in [-0.2, -0.15) is 0 Å². The van der Waals surface area contributed by atoms with E-state index in [9.17, 15) is 0 Å². The molecule has 20 heavy (non-hydrogen) atoms. The smallest absolute Gasteiger partial charge is 0.126 e. The second kappa shape index (κ2) is 6.75. The Morgan fingerprint density at radius 2 is 2.05 bits per heavy atom. The van der Waals surface area contributed by atoms with Gasteiger partial charge in [0.1, 0.15) is 5.82 Å². The lowest BCUT2D eigenvalue weighted by molar-refractivity contribution is 0.157. The first-order valence-corrected chi connectivity index (χ1v) is 8.32. The van der Waals surface area contributed by atoms with Crippen molar-refractivity contribution < 1.29 is 0 Å². The van der Waals surface area contributed by atoms with Crippen molar-refractivity contribution in [2.24, 2.45) is 11.3 Å². The molecule has 0 radical (unpaired) electrons. The lowest BCUT2D eigenvalue weighted by Crippen LogP contribution is -2.34. The van der Waals surface area contributed by atoms with Crippen LogP contribution in [0.25, 0.3) is 0 Å². The lowest BCUT2D eigenvalue weighted by Gasteiger charge is -2.38. The van der Waals surface area contributed by atoms with Crippen molar-refractivity contribution in [1.82, 2.24) is 14.9 Å². The van der Waals surface area contributed by atoms with Crippen LogP contribution in [-0.2, 0) is 6.54 Å². The van der Waals surface area contributed by atoms with Crippen molar-refractivity contribution in [3.05, 3.63) is 18.2 Å². The Balaban J connectivity index is 2.12. The van der Waals surface area contributed by atoms with Crippen molar-refractivity contribution in [2.75, 3.05) is 6.54 Å². The molecule has 1 aliphatic rings. The third kappa shape index (κ3) is 3.63. The summed E-state index contributed by atoms with van der Waals surface area (Å²) in [4.78, 5) is 4.67. The van der Waals surface area contributed by atoms with Crippen LogP contribution >= 0.6 is 0 Å². The van der Waals surface area contributed by atoms with Gasteiger partial charge < -0.3 is 9.88 Å². The van der Waals surface area contributed by atoms with Crippen molar-refractivity contribution in [2.45, 2.75) is 72.4 Å². The van der Waals surface area contributed by atoms with Crippen LogP contribution in [0.15, 0.2) is 12.4 Å². The van der Waals surface area contributed by atoms with E-state index in [-0.39, 0.29) is 0 Å². The fraction of sp³-hybridized carbons (Fsp3) is 0.824. The minimum Gasteiger partial charge on any atom is -0.334 e. The quantitative estimate of drug-likeness (QED) is 0.846. The molecule has 1 unspecified atom stereocenters. The minimum absolute atomic E-state index is 0.428. The van der Waals surface area contributed by atoms with Gasteiger partial charge in [-0.3, -0.25) is 0 Å². The summed E-state index contributed by atoms with van der Waals surface area (Å²) in [6, 6.07) is 0.428. The van der Waals surface area contributed by atoms with Gasteiger partial charge in [-0.25, -0.2) is 4.98 Å². The van der Waals surface area contributed by atoms with Crippen molar-refractivity contribution in [3.63, 3.8) is 0 Å². The Kier molecular flexibility index (Phi) is 5.25. The largest absolute Gasteiger partial charge is 0.334 e. The number of imidazole rings is 1. The zero-order valence-corrected chi connectivity index (χ0v) is 13.7. The molecule has 1 aromatic heterocycles. The van der Waals surface area contributed by atoms with E-state index in [0.29, 0.717) is 11.5 Å². The van der Waals surface area contributed by atoms with Crippen molar-refractivity contribution in [3.8, 4) is 0 Å². The van der Waals surface area contributed by atoms with Crippen LogP contribution in [0.1, 0.15) is 71.7 Å². The molecule has 114 valence electrons. The van der Waals surface area contributed by atoms with Crippen LogP contribution in [0.5, 0.6) is 0 Å². The highest BCUT2D eigenvalue weighted by Gasteiger charge is 2.33. The van der Waals surface area contributed by atoms with E-state index in [1.165, 1.54) is 37.9 Å². The molecule has 0 spiro atoms. The first-order valence-electron chi connectivity index (χ1n) is 8.32. The molecule has 1 fully saturated rings. The SMILES string of the molecule is CCCn1ccnc1C(NCC)C1CCC(C)(C)CC1. The molecule has 2 rings (SSSR count). The van der Waals surface area contributed by atoms with Crippen LogP contribution in [0.4, 0.5) is 0 Å². The van der Waals surface area contributed by atoms with Gasteiger partial charge >= 0.3 is 0 Å². The van der Waals surface area contributed by atoms with E-state index in [0.717, 1.165) is 19.0 Å². The Morgan fingerprint density at radius 1 is 1.35 bits per heavy atom. The molecule has 0 saturated heterocycles. The highest BCUT2D eigenvalue weighted by atomic mass is 15.1. The Hall–Kier alpha value is -0.830. The van der Waals surface area contributed by atoms with Gasteiger partial charge in [0.15, 0.2) is 0 Å². The Bertz CT molecular complexity index is 398. The minimum atomic E-state index is 0.428. The molecule has 1 aliphatic carbocycles. The summed E-state index contributed by atoms with van der Waals surface area (Å²) in [5.41, 5.74) is 0.534. The zero-order valence-electron chi connectivity index (χ0n) is 13.7. The van der Waals surface area contributed by atoms with Crippen LogP contribution in [0.3, 0.4) is 0 Å². The van der Waals surface area contributed by atoms with Gasteiger partial charge in [0.05, 0.1) is 6.04 Å². The van der Waals surface area contributed by atoms with Gasteiger partial charge in [-0.15, -0.1) is 0 Å². The predicted octanol–water partition coefficient (Wildman–Crippen LogP) is 4.16. The van der Waals surface area contributed by atoms with Crippen LogP contribution < -0.4 is 5.32 Å². The van der Waals surface area contributed by atoms with Crippen molar-refractivity contribution >= 4 is 0 Å². The number of hydrogen-bond donors (Lipinski definition) is 1. The second-order valence-corrected chi connectivity index (χ2v) is 7.02. The van der Waals surface area contributed by atoms with E-state index in [1.807, 2.05) is 6.20 Å². The molecule has 3 nitrogen and oxygen atoms in total. The van der Waals surface area contributed by atoms with E-state index >= 15 is 0 Å². The standard InChI is InChI=1S/C17H31N3/c1-5-12-20-13-11-19-16(20)15(18-6-2)14-7-9-17(3,4)10-8-14/h11,13-15,18H,5-10,12H2,1-4H3. The second-order valence-electron chi connectivity index (χ2n) is 7.02. The molecule has 3 heteroatoms. The lowest BCUT2D eigenvalue weighted by atomic mass is 9.71. The summed E-state index contributed by atoms with van der Waals surface area (Å²) < 4.78 is 2.34. The molecule has 1 saturated carbocycles. The van der Waals surface area contributed by atoms with Gasteiger partial charge in [-0.1, -0.05) is 27.7 Å². The number of aromatic nitrogens is 2. The van der Waals surface area contributed by atoms with E-state index < -0.39 is 0 Å². The third-order valence-corrected chi connectivity index (χ3v) is 4.77. The maximum atomic E-state index is 4.67. The number of nitrogens with zero attached hydrogens (tertiary/aromatic N) is 2. The maximum absolute atomic E-state index is 4.67. The van der Waals surface area contributed by atoms with Gasteiger partial charge in [0, 0.05) is 18.9 Å². The summed E-state index contributed by atoms with van der Waals surface area (Å²) in [7, 11) is 0. The highest BCUT2D eigenvalue weighted by molar-refractivity contribution is 5.03. The Labute approximate surface area is 124 Å². The molecule has 1 heterocycles. The van der Waals surface area contributed by atoms with Crippen LogP contribution in [-0.4, -0.2) is 16.1 Å². The number of aryl methyl sites for hydroxylation is 1. The predicted molar refractivity (Wildman–Crippen MR) is 84.7 cm³/mol. The number of hydrogen-bond acceptors (Lipinski definition) is 2. The summed E-state index contributed by atoms with van der Waals surface area (Å²) >= 11 is 0. The molecule has 0 amide bonds. The summed E-state index contributed by atoms with van der Waals surface area (Å²) in [6.07, 6.45) is 10.6.